The molecular weight excluding hydrogens is 226 g/mol. The number of carbonyl (C=O) groups is 3. The van der Waals surface area contributed by atoms with Crippen LogP contribution in [-0.4, -0.2) is 35.6 Å². The maximum atomic E-state index is 11.4. The zero-order chi connectivity index (χ0) is 12.8. The molecule has 1 aliphatic rings. The van der Waals surface area contributed by atoms with E-state index in [-0.39, 0.29) is 25.4 Å². The van der Waals surface area contributed by atoms with Gasteiger partial charge in [0.25, 0.3) is 11.8 Å². The van der Waals surface area contributed by atoms with Crippen LogP contribution in [0, 0.1) is 0 Å². The van der Waals surface area contributed by atoms with E-state index in [0.717, 1.165) is 0 Å². The summed E-state index contributed by atoms with van der Waals surface area (Å²) in [5.41, 5.74) is 0. The van der Waals surface area contributed by atoms with Crippen LogP contribution in [0.2, 0.25) is 0 Å². The number of rotatable bonds is 6. The van der Waals surface area contributed by atoms with Gasteiger partial charge < -0.3 is 9.57 Å². The second-order valence-electron chi connectivity index (χ2n) is 3.85. The highest BCUT2D eigenvalue weighted by atomic mass is 16.7. The molecule has 0 aromatic heterocycles. The minimum atomic E-state index is -0.583. The van der Waals surface area contributed by atoms with Gasteiger partial charge in [-0.15, -0.1) is 5.06 Å². The molecule has 96 valence electrons. The third kappa shape index (κ3) is 4.14. The lowest BCUT2D eigenvalue weighted by Crippen LogP contribution is -2.32. The SMILES string of the molecule is CCOC(C)CCC(=O)ON1C(=O)CCC1=O. The van der Waals surface area contributed by atoms with Crippen molar-refractivity contribution in [1.82, 2.24) is 5.06 Å². The Morgan fingerprint density at radius 1 is 1.35 bits per heavy atom. The maximum Gasteiger partial charge on any atom is 0.333 e. The minimum absolute atomic E-state index is 0.0440. The van der Waals surface area contributed by atoms with E-state index in [1.165, 1.54) is 0 Å². The quantitative estimate of drug-likeness (QED) is 0.645. The van der Waals surface area contributed by atoms with Crippen LogP contribution in [0.4, 0.5) is 0 Å². The number of hydrogen-bond acceptors (Lipinski definition) is 5. The smallest absolute Gasteiger partial charge is 0.333 e. The van der Waals surface area contributed by atoms with Crippen molar-refractivity contribution in [3.63, 3.8) is 0 Å². The highest BCUT2D eigenvalue weighted by Crippen LogP contribution is 2.13. The molecule has 0 aliphatic carbocycles. The molecule has 0 bridgehead atoms. The molecule has 0 aromatic rings. The topological polar surface area (TPSA) is 72.9 Å². The number of ether oxygens (including phenoxy) is 1. The van der Waals surface area contributed by atoms with E-state index in [9.17, 15) is 14.4 Å². The molecule has 0 N–H and O–H groups in total. The van der Waals surface area contributed by atoms with Gasteiger partial charge in [0, 0.05) is 19.4 Å². The Hall–Kier alpha value is -1.43. The van der Waals surface area contributed by atoms with Gasteiger partial charge in [0.2, 0.25) is 0 Å². The molecular formula is C11H17NO5. The van der Waals surface area contributed by atoms with Crippen molar-refractivity contribution in [2.75, 3.05) is 6.61 Å². The Kier molecular flexibility index (Phi) is 5.09. The van der Waals surface area contributed by atoms with Gasteiger partial charge in [-0.05, 0) is 20.3 Å². The van der Waals surface area contributed by atoms with Crippen molar-refractivity contribution < 1.29 is 24.0 Å². The molecule has 6 heteroatoms. The van der Waals surface area contributed by atoms with Crippen LogP contribution in [0.25, 0.3) is 0 Å². The van der Waals surface area contributed by atoms with Gasteiger partial charge in [-0.2, -0.15) is 0 Å². The van der Waals surface area contributed by atoms with Crippen LogP contribution in [0.15, 0.2) is 0 Å². The number of hydrogen-bond donors (Lipinski definition) is 0. The first kappa shape index (κ1) is 13.6. The average molecular weight is 243 g/mol. The largest absolute Gasteiger partial charge is 0.379 e. The first-order valence-electron chi connectivity index (χ1n) is 5.72. The highest BCUT2D eigenvalue weighted by molar-refractivity contribution is 6.01. The van der Waals surface area contributed by atoms with E-state index in [2.05, 4.69) is 0 Å². The summed E-state index contributed by atoms with van der Waals surface area (Å²) in [6.45, 7) is 4.30. The summed E-state index contributed by atoms with van der Waals surface area (Å²) < 4.78 is 5.25. The molecule has 6 nitrogen and oxygen atoms in total. The number of hydroxylamine groups is 2. The molecule has 1 saturated heterocycles. The van der Waals surface area contributed by atoms with E-state index in [0.29, 0.717) is 18.1 Å². The normalized spacial score (nSPS) is 17.4. The second-order valence-corrected chi connectivity index (χ2v) is 3.85. The number of nitrogens with zero attached hydrogens (tertiary/aromatic N) is 1. The summed E-state index contributed by atoms with van der Waals surface area (Å²) in [7, 11) is 0. The van der Waals surface area contributed by atoms with Crippen molar-refractivity contribution in [3.8, 4) is 0 Å². The molecule has 0 radical (unpaired) electrons. The third-order valence-corrected chi connectivity index (χ3v) is 2.41. The molecule has 1 heterocycles. The Labute approximate surface area is 99.8 Å². The van der Waals surface area contributed by atoms with Gasteiger partial charge in [-0.1, -0.05) is 0 Å². The maximum absolute atomic E-state index is 11.4. The van der Waals surface area contributed by atoms with Crippen LogP contribution < -0.4 is 0 Å². The van der Waals surface area contributed by atoms with E-state index >= 15 is 0 Å². The number of amides is 2. The van der Waals surface area contributed by atoms with Crippen molar-refractivity contribution in [1.29, 1.82) is 0 Å². The zero-order valence-corrected chi connectivity index (χ0v) is 10.1. The lowest BCUT2D eigenvalue weighted by Gasteiger charge is -2.14. The Morgan fingerprint density at radius 2 is 1.94 bits per heavy atom. The van der Waals surface area contributed by atoms with Crippen LogP contribution in [0.3, 0.4) is 0 Å². The summed E-state index contributed by atoms with van der Waals surface area (Å²) >= 11 is 0. The van der Waals surface area contributed by atoms with Crippen LogP contribution in [-0.2, 0) is 24.0 Å². The first-order valence-corrected chi connectivity index (χ1v) is 5.72. The molecule has 1 fully saturated rings. The van der Waals surface area contributed by atoms with E-state index in [1.807, 2.05) is 13.8 Å². The molecule has 1 aliphatic heterocycles. The molecule has 1 atom stereocenters. The fraction of sp³-hybridized carbons (Fsp3) is 0.727. The fourth-order valence-electron chi connectivity index (χ4n) is 1.49. The lowest BCUT2D eigenvalue weighted by molar-refractivity contribution is -0.197. The monoisotopic (exact) mass is 243 g/mol. The van der Waals surface area contributed by atoms with Crippen molar-refractivity contribution in [2.24, 2.45) is 0 Å². The Bertz CT molecular complexity index is 299. The van der Waals surface area contributed by atoms with Gasteiger partial charge in [0.05, 0.1) is 12.5 Å². The zero-order valence-electron chi connectivity index (χ0n) is 10.1. The summed E-state index contributed by atoms with van der Waals surface area (Å²) in [5, 5.41) is 0.563. The van der Waals surface area contributed by atoms with Crippen LogP contribution >= 0.6 is 0 Å². The molecule has 0 saturated carbocycles. The molecule has 17 heavy (non-hydrogen) atoms. The van der Waals surface area contributed by atoms with Crippen molar-refractivity contribution in [2.45, 2.75) is 45.6 Å². The van der Waals surface area contributed by atoms with Gasteiger partial charge in [-0.25, -0.2) is 4.79 Å². The van der Waals surface area contributed by atoms with Gasteiger partial charge in [-0.3, -0.25) is 9.59 Å². The van der Waals surface area contributed by atoms with Crippen molar-refractivity contribution >= 4 is 17.8 Å². The third-order valence-electron chi connectivity index (χ3n) is 2.41. The molecule has 1 rings (SSSR count). The Balaban J connectivity index is 2.29. The predicted octanol–water partition coefficient (Wildman–Crippen LogP) is 0.799. The number of carbonyl (C=O) groups excluding carboxylic acids is 3. The average Bonchev–Trinajstić information content (AvgIpc) is 2.58. The molecule has 2 amide bonds. The van der Waals surface area contributed by atoms with Gasteiger partial charge >= 0.3 is 5.97 Å². The van der Waals surface area contributed by atoms with Crippen LogP contribution in [0.1, 0.15) is 39.5 Å². The molecule has 0 aromatic carbocycles. The predicted molar refractivity (Wildman–Crippen MR) is 57.5 cm³/mol. The summed E-state index contributed by atoms with van der Waals surface area (Å²) in [4.78, 5) is 38.4. The molecule has 1 unspecified atom stereocenters. The van der Waals surface area contributed by atoms with Crippen LogP contribution in [0.5, 0.6) is 0 Å². The second kappa shape index (κ2) is 6.34. The van der Waals surface area contributed by atoms with Gasteiger partial charge in [0.1, 0.15) is 0 Å². The van der Waals surface area contributed by atoms with Gasteiger partial charge in [0.15, 0.2) is 0 Å². The highest BCUT2D eigenvalue weighted by Gasteiger charge is 2.32. The first-order chi connectivity index (χ1) is 8.04. The van der Waals surface area contributed by atoms with E-state index in [4.69, 9.17) is 9.57 Å². The van der Waals surface area contributed by atoms with Crippen molar-refractivity contribution in [3.05, 3.63) is 0 Å². The van der Waals surface area contributed by atoms with E-state index in [1.54, 1.807) is 0 Å². The number of imide groups is 1. The summed E-state index contributed by atoms with van der Waals surface area (Å²) in [6.07, 6.45) is 0.807. The standard InChI is InChI=1S/C11H17NO5/c1-3-16-8(2)4-7-11(15)17-12-9(13)5-6-10(12)14/h8H,3-7H2,1-2H3. The Morgan fingerprint density at radius 3 is 2.47 bits per heavy atom. The summed E-state index contributed by atoms with van der Waals surface area (Å²) in [5.74, 6) is -1.50. The fourth-order valence-corrected chi connectivity index (χ4v) is 1.49. The minimum Gasteiger partial charge on any atom is -0.379 e. The van der Waals surface area contributed by atoms with E-state index < -0.39 is 17.8 Å². The summed E-state index contributed by atoms with van der Waals surface area (Å²) in [6, 6.07) is 0. The molecule has 0 spiro atoms. The lowest BCUT2D eigenvalue weighted by atomic mass is 10.2.